The molecule has 1 aromatic carbocycles. The standard InChI is InChI=1S/C15H21BrN2O2/c1-11(10-18-7-3-2-4-8-18)17-14-6-5-12(15(19)20)9-13(14)16/h5-6,9,11,17H,2-4,7-8,10H2,1H3,(H,19,20). The van der Waals surface area contributed by atoms with Gasteiger partial charge in [0.15, 0.2) is 0 Å². The highest BCUT2D eigenvalue weighted by molar-refractivity contribution is 9.10. The maximum absolute atomic E-state index is 10.9. The zero-order valence-corrected chi connectivity index (χ0v) is 13.3. The number of benzene rings is 1. The van der Waals surface area contributed by atoms with E-state index < -0.39 is 5.97 Å². The highest BCUT2D eigenvalue weighted by Gasteiger charge is 2.14. The summed E-state index contributed by atoms with van der Waals surface area (Å²) in [5, 5.41) is 12.4. The lowest BCUT2D eigenvalue weighted by atomic mass is 10.1. The van der Waals surface area contributed by atoms with Crippen molar-refractivity contribution < 1.29 is 9.90 Å². The van der Waals surface area contributed by atoms with E-state index in [1.807, 2.05) is 6.07 Å². The van der Waals surface area contributed by atoms with Crippen LogP contribution in [0.1, 0.15) is 36.5 Å². The summed E-state index contributed by atoms with van der Waals surface area (Å²) in [7, 11) is 0. The summed E-state index contributed by atoms with van der Waals surface area (Å²) in [6.07, 6.45) is 3.94. The second-order valence-electron chi connectivity index (χ2n) is 5.41. The zero-order chi connectivity index (χ0) is 14.5. The van der Waals surface area contributed by atoms with E-state index in [4.69, 9.17) is 5.11 Å². The van der Waals surface area contributed by atoms with Crippen molar-refractivity contribution in [2.75, 3.05) is 25.0 Å². The van der Waals surface area contributed by atoms with Crippen molar-refractivity contribution in [3.63, 3.8) is 0 Å². The fraction of sp³-hybridized carbons (Fsp3) is 0.533. The van der Waals surface area contributed by atoms with Crippen LogP contribution in [0.25, 0.3) is 0 Å². The predicted octanol–water partition coefficient (Wildman–Crippen LogP) is 3.43. The van der Waals surface area contributed by atoms with E-state index >= 15 is 0 Å². The number of hydrogen-bond acceptors (Lipinski definition) is 3. The van der Waals surface area contributed by atoms with Crippen LogP contribution in [-0.2, 0) is 0 Å². The third kappa shape index (κ3) is 4.21. The lowest BCUT2D eigenvalue weighted by Crippen LogP contribution is -2.38. The molecule has 2 rings (SSSR count). The summed E-state index contributed by atoms with van der Waals surface area (Å²) < 4.78 is 0.794. The highest BCUT2D eigenvalue weighted by Crippen LogP contribution is 2.24. The summed E-state index contributed by atoms with van der Waals surface area (Å²) in [6, 6.07) is 5.42. The second kappa shape index (κ2) is 7.09. The van der Waals surface area contributed by atoms with Gasteiger partial charge in [-0.1, -0.05) is 6.42 Å². The van der Waals surface area contributed by atoms with Gasteiger partial charge < -0.3 is 15.3 Å². The van der Waals surface area contributed by atoms with Gasteiger partial charge in [0.2, 0.25) is 0 Å². The van der Waals surface area contributed by atoms with E-state index in [9.17, 15) is 4.79 Å². The van der Waals surface area contributed by atoms with Crippen molar-refractivity contribution in [2.45, 2.75) is 32.2 Å². The Kier molecular flexibility index (Phi) is 5.43. The van der Waals surface area contributed by atoms with Gasteiger partial charge in [-0.25, -0.2) is 4.79 Å². The van der Waals surface area contributed by atoms with E-state index in [0.29, 0.717) is 11.6 Å². The van der Waals surface area contributed by atoms with Gasteiger partial charge in [-0.05, 0) is 67.0 Å². The van der Waals surface area contributed by atoms with E-state index in [2.05, 4.69) is 33.1 Å². The van der Waals surface area contributed by atoms with Crippen LogP contribution in [0, 0.1) is 0 Å². The predicted molar refractivity (Wildman–Crippen MR) is 84.5 cm³/mol. The topological polar surface area (TPSA) is 52.6 Å². The van der Waals surface area contributed by atoms with Crippen LogP contribution in [0.3, 0.4) is 0 Å². The molecule has 110 valence electrons. The van der Waals surface area contributed by atoms with E-state index in [-0.39, 0.29) is 0 Å². The Labute approximate surface area is 128 Å². The van der Waals surface area contributed by atoms with Crippen molar-refractivity contribution in [3.8, 4) is 0 Å². The van der Waals surface area contributed by atoms with Crippen LogP contribution in [-0.4, -0.2) is 41.7 Å². The number of nitrogens with one attached hydrogen (secondary N) is 1. The average Bonchev–Trinajstić information content (AvgIpc) is 2.42. The maximum atomic E-state index is 10.9. The van der Waals surface area contributed by atoms with Gasteiger partial charge in [0.25, 0.3) is 0 Å². The van der Waals surface area contributed by atoms with Crippen molar-refractivity contribution in [3.05, 3.63) is 28.2 Å². The summed E-state index contributed by atoms with van der Waals surface area (Å²) >= 11 is 3.43. The van der Waals surface area contributed by atoms with E-state index in [1.54, 1.807) is 12.1 Å². The van der Waals surface area contributed by atoms with Gasteiger partial charge in [0, 0.05) is 22.7 Å². The van der Waals surface area contributed by atoms with Gasteiger partial charge in [-0.3, -0.25) is 0 Å². The first-order valence-electron chi connectivity index (χ1n) is 7.08. The molecule has 1 aromatic rings. The van der Waals surface area contributed by atoms with Crippen LogP contribution < -0.4 is 5.32 Å². The molecule has 0 amide bonds. The number of piperidine rings is 1. The summed E-state index contributed by atoms with van der Waals surface area (Å²) in [6.45, 7) is 5.55. The quantitative estimate of drug-likeness (QED) is 0.862. The van der Waals surface area contributed by atoms with Crippen LogP contribution in [0.15, 0.2) is 22.7 Å². The Hall–Kier alpha value is -1.07. The molecule has 1 unspecified atom stereocenters. The normalized spacial score (nSPS) is 17.7. The minimum atomic E-state index is -0.904. The molecular weight excluding hydrogens is 320 g/mol. The van der Waals surface area contributed by atoms with Crippen LogP contribution in [0.2, 0.25) is 0 Å². The van der Waals surface area contributed by atoms with Crippen LogP contribution >= 0.6 is 15.9 Å². The van der Waals surface area contributed by atoms with Gasteiger partial charge in [0.1, 0.15) is 0 Å². The molecule has 20 heavy (non-hydrogen) atoms. The minimum absolute atomic E-state index is 0.297. The Morgan fingerprint density at radius 2 is 2.10 bits per heavy atom. The molecule has 1 atom stereocenters. The lowest BCUT2D eigenvalue weighted by Gasteiger charge is -2.29. The first-order chi connectivity index (χ1) is 9.56. The molecule has 0 aromatic heterocycles. The van der Waals surface area contributed by atoms with Crippen LogP contribution in [0.4, 0.5) is 5.69 Å². The van der Waals surface area contributed by atoms with Gasteiger partial charge in [0.05, 0.1) is 5.56 Å². The van der Waals surface area contributed by atoms with Crippen molar-refractivity contribution in [1.82, 2.24) is 4.90 Å². The maximum Gasteiger partial charge on any atom is 0.335 e. The number of carbonyl (C=O) groups is 1. The molecule has 1 heterocycles. The first kappa shape index (κ1) is 15.3. The molecule has 0 spiro atoms. The fourth-order valence-electron chi connectivity index (χ4n) is 2.61. The molecule has 1 aliphatic rings. The van der Waals surface area contributed by atoms with Gasteiger partial charge >= 0.3 is 5.97 Å². The molecule has 5 heteroatoms. The molecule has 0 bridgehead atoms. The Balaban J connectivity index is 1.93. The number of carboxylic acids is 1. The number of anilines is 1. The number of halogens is 1. The Morgan fingerprint density at radius 1 is 1.40 bits per heavy atom. The largest absolute Gasteiger partial charge is 0.478 e. The third-order valence-corrected chi connectivity index (χ3v) is 4.25. The fourth-order valence-corrected chi connectivity index (χ4v) is 3.10. The molecule has 0 radical (unpaired) electrons. The van der Waals surface area contributed by atoms with Gasteiger partial charge in [-0.2, -0.15) is 0 Å². The number of hydrogen-bond donors (Lipinski definition) is 2. The summed E-state index contributed by atoms with van der Waals surface area (Å²) in [5.41, 5.74) is 1.24. The molecular formula is C15H21BrN2O2. The lowest BCUT2D eigenvalue weighted by molar-refractivity contribution is 0.0697. The number of carboxylic acid groups (broad SMARTS) is 1. The molecule has 4 nitrogen and oxygen atoms in total. The SMILES string of the molecule is CC(CN1CCCCC1)Nc1ccc(C(=O)O)cc1Br. The molecule has 1 fully saturated rings. The summed E-state index contributed by atoms with van der Waals surface area (Å²) in [4.78, 5) is 13.4. The molecule has 1 aliphatic heterocycles. The number of nitrogens with zero attached hydrogens (tertiary/aromatic N) is 1. The van der Waals surface area contributed by atoms with Crippen molar-refractivity contribution >= 4 is 27.6 Å². The highest BCUT2D eigenvalue weighted by atomic mass is 79.9. The van der Waals surface area contributed by atoms with E-state index in [1.165, 1.54) is 32.4 Å². The molecule has 0 aliphatic carbocycles. The third-order valence-electron chi connectivity index (χ3n) is 3.60. The molecule has 1 saturated heterocycles. The number of likely N-dealkylation sites (tertiary alicyclic amines) is 1. The smallest absolute Gasteiger partial charge is 0.335 e. The van der Waals surface area contributed by atoms with Crippen molar-refractivity contribution in [2.24, 2.45) is 0 Å². The monoisotopic (exact) mass is 340 g/mol. The van der Waals surface area contributed by atoms with Crippen molar-refractivity contribution in [1.29, 1.82) is 0 Å². The van der Waals surface area contributed by atoms with Crippen LogP contribution in [0.5, 0.6) is 0 Å². The summed E-state index contributed by atoms with van der Waals surface area (Å²) in [5.74, 6) is -0.904. The zero-order valence-electron chi connectivity index (χ0n) is 11.7. The number of aromatic carboxylic acids is 1. The Bertz CT molecular complexity index is 473. The Morgan fingerprint density at radius 3 is 2.70 bits per heavy atom. The minimum Gasteiger partial charge on any atom is -0.478 e. The molecule has 0 saturated carbocycles. The van der Waals surface area contributed by atoms with Gasteiger partial charge in [-0.15, -0.1) is 0 Å². The second-order valence-corrected chi connectivity index (χ2v) is 6.26. The molecule has 2 N–H and O–H groups in total. The first-order valence-corrected chi connectivity index (χ1v) is 7.87. The average molecular weight is 341 g/mol. The van der Waals surface area contributed by atoms with E-state index in [0.717, 1.165) is 16.7 Å². The number of rotatable bonds is 5.